The smallest absolute Gasteiger partial charge is 0.422 e. The maximum absolute atomic E-state index is 15.2. The van der Waals surface area contributed by atoms with E-state index in [1.807, 2.05) is 31.2 Å². The average molecular weight is 534 g/mol. The Bertz CT molecular complexity index is 1380. The molecule has 0 aliphatic rings. The summed E-state index contributed by atoms with van der Waals surface area (Å²) in [6, 6.07) is 14.5. The van der Waals surface area contributed by atoms with E-state index < -0.39 is 36.0 Å². The second kappa shape index (κ2) is 11.8. The van der Waals surface area contributed by atoms with E-state index in [4.69, 9.17) is 4.74 Å². The van der Waals surface area contributed by atoms with Gasteiger partial charge in [0, 0.05) is 11.1 Å². The molecule has 0 bridgehead atoms. The summed E-state index contributed by atoms with van der Waals surface area (Å²) in [4.78, 5) is 4.40. The fraction of sp³-hybridized carbons (Fsp3) is 0.276. The lowest BCUT2D eigenvalue weighted by atomic mass is 9.97. The number of rotatable bonds is 10. The van der Waals surface area contributed by atoms with Gasteiger partial charge in [-0.2, -0.15) is 13.2 Å². The molecule has 0 atom stereocenters. The molecule has 0 fully saturated rings. The Morgan fingerprint density at radius 3 is 2.16 bits per heavy atom. The van der Waals surface area contributed by atoms with Crippen molar-refractivity contribution in [3.8, 4) is 11.5 Å². The highest BCUT2D eigenvalue weighted by atomic mass is 19.4. The SMILES string of the molecule is CCOc1ccc(CCc2ccc3c(F)c(CCc4cc(F)c(OCC(F)(F)F)c(F)c4)ccc3c2)nc1. The van der Waals surface area contributed by atoms with E-state index in [0.717, 1.165) is 40.9 Å². The van der Waals surface area contributed by atoms with Crippen molar-refractivity contribution in [2.24, 2.45) is 0 Å². The number of nitrogens with zero attached hydrogens (tertiary/aromatic N) is 1. The Kier molecular flexibility index (Phi) is 8.44. The molecule has 0 aliphatic heterocycles. The molecule has 3 aromatic carbocycles. The lowest BCUT2D eigenvalue weighted by molar-refractivity contribution is -0.154. The number of fused-ring (bicyclic) bond motifs is 1. The van der Waals surface area contributed by atoms with E-state index in [0.29, 0.717) is 24.0 Å². The number of benzene rings is 3. The molecular weight excluding hydrogens is 508 g/mol. The summed E-state index contributed by atoms with van der Waals surface area (Å²) in [5.41, 5.74) is 2.49. The topological polar surface area (TPSA) is 31.4 Å². The van der Waals surface area contributed by atoms with Crippen molar-refractivity contribution in [3.05, 3.63) is 101 Å². The molecule has 0 saturated heterocycles. The Labute approximate surface area is 216 Å². The molecular formula is C29H25F6NO2. The quantitative estimate of drug-likeness (QED) is 0.197. The van der Waals surface area contributed by atoms with Crippen LogP contribution < -0.4 is 9.47 Å². The number of halogens is 6. The van der Waals surface area contributed by atoms with Gasteiger partial charge in [-0.05, 0) is 78.9 Å². The molecule has 200 valence electrons. The van der Waals surface area contributed by atoms with Gasteiger partial charge in [0.2, 0.25) is 0 Å². The number of ether oxygens (including phenoxy) is 2. The lowest BCUT2D eigenvalue weighted by Crippen LogP contribution is -2.20. The fourth-order valence-electron chi connectivity index (χ4n) is 4.15. The van der Waals surface area contributed by atoms with Crippen molar-refractivity contribution in [2.45, 2.75) is 38.8 Å². The van der Waals surface area contributed by atoms with Crippen LogP contribution in [-0.2, 0) is 25.7 Å². The molecule has 0 N–H and O–H groups in total. The highest BCUT2D eigenvalue weighted by molar-refractivity contribution is 5.84. The minimum absolute atomic E-state index is 0.0863. The predicted molar refractivity (Wildman–Crippen MR) is 132 cm³/mol. The van der Waals surface area contributed by atoms with Crippen molar-refractivity contribution in [2.75, 3.05) is 13.2 Å². The summed E-state index contributed by atoms with van der Waals surface area (Å²) in [5.74, 6) is -3.27. The van der Waals surface area contributed by atoms with Crippen molar-refractivity contribution in [3.63, 3.8) is 0 Å². The van der Waals surface area contributed by atoms with Crippen LogP contribution >= 0.6 is 0 Å². The van der Waals surface area contributed by atoms with Gasteiger partial charge in [-0.25, -0.2) is 13.2 Å². The number of pyridine rings is 1. The van der Waals surface area contributed by atoms with Crippen LogP contribution in [0.5, 0.6) is 11.5 Å². The zero-order valence-corrected chi connectivity index (χ0v) is 20.5. The monoisotopic (exact) mass is 533 g/mol. The van der Waals surface area contributed by atoms with Crippen LogP contribution in [0.4, 0.5) is 26.3 Å². The number of hydrogen-bond donors (Lipinski definition) is 0. The van der Waals surface area contributed by atoms with Crippen LogP contribution in [0.2, 0.25) is 0 Å². The second-order valence-corrected chi connectivity index (χ2v) is 8.80. The summed E-state index contributed by atoms with van der Waals surface area (Å²) in [5, 5.41) is 1.16. The van der Waals surface area contributed by atoms with Crippen LogP contribution in [0, 0.1) is 17.5 Å². The first kappa shape index (κ1) is 27.3. The molecule has 4 rings (SSSR count). The molecule has 9 heteroatoms. The average Bonchev–Trinajstić information content (AvgIpc) is 2.87. The van der Waals surface area contributed by atoms with E-state index >= 15 is 4.39 Å². The molecule has 1 heterocycles. The molecule has 0 unspecified atom stereocenters. The lowest BCUT2D eigenvalue weighted by Gasteiger charge is -2.12. The minimum Gasteiger partial charge on any atom is -0.492 e. The van der Waals surface area contributed by atoms with Gasteiger partial charge in [-0.3, -0.25) is 4.98 Å². The Balaban J connectivity index is 1.41. The molecule has 0 spiro atoms. The Hall–Kier alpha value is -3.75. The number of alkyl halides is 3. The van der Waals surface area contributed by atoms with Crippen LogP contribution in [0.1, 0.15) is 29.3 Å². The van der Waals surface area contributed by atoms with E-state index in [1.54, 1.807) is 24.4 Å². The van der Waals surface area contributed by atoms with Crippen molar-refractivity contribution in [1.29, 1.82) is 0 Å². The minimum atomic E-state index is -4.72. The van der Waals surface area contributed by atoms with Crippen LogP contribution in [-0.4, -0.2) is 24.4 Å². The second-order valence-electron chi connectivity index (χ2n) is 8.80. The van der Waals surface area contributed by atoms with Gasteiger partial charge in [0.05, 0.1) is 12.8 Å². The maximum Gasteiger partial charge on any atom is 0.422 e. The van der Waals surface area contributed by atoms with Gasteiger partial charge in [0.25, 0.3) is 0 Å². The standard InChI is InChI=1S/C29H25F6NO2/c1-2-37-23-11-10-22(36-16-23)9-4-18-5-12-24-21(13-18)8-7-20(27(24)32)6-3-19-14-25(30)28(26(31)15-19)38-17-29(33,34)35/h5,7-8,10-16H,2-4,6,9,17H2,1H3. The van der Waals surface area contributed by atoms with E-state index in [-0.39, 0.29) is 18.4 Å². The molecule has 38 heavy (non-hydrogen) atoms. The Morgan fingerprint density at radius 2 is 1.50 bits per heavy atom. The fourth-order valence-corrected chi connectivity index (χ4v) is 4.15. The zero-order chi connectivity index (χ0) is 27.3. The molecule has 4 aromatic rings. The molecule has 3 nitrogen and oxygen atoms in total. The van der Waals surface area contributed by atoms with E-state index in [1.165, 1.54) is 0 Å². The number of hydrogen-bond acceptors (Lipinski definition) is 3. The van der Waals surface area contributed by atoms with Gasteiger partial charge in [0.15, 0.2) is 24.0 Å². The van der Waals surface area contributed by atoms with Gasteiger partial charge >= 0.3 is 6.18 Å². The molecule has 0 radical (unpaired) electrons. The van der Waals surface area contributed by atoms with Crippen molar-refractivity contribution >= 4 is 10.8 Å². The molecule has 0 aliphatic carbocycles. The van der Waals surface area contributed by atoms with Crippen LogP contribution in [0.15, 0.2) is 60.8 Å². The highest BCUT2D eigenvalue weighted by Gasteiger charge is 2.30. The zero-order valence-electron chi connectivity index (χ0n) is 20.5. The van der Waals surface area contributed by atoms with Crippen LogP contribution in [0.25, 0.3) is 10.8 Å². The maximum atomic E-state index is 15.2. The predicted octanol–water partition coefficient (Wildman–Crippen LogP) is 7.56. The third-order valence-electron chi connectivity index (χ3n) is 6.00. The molecule has 0 saturated carbocycles. The first-order valence-corrected chi connectivity index (χ1v) is 12.1. The summed E-state index contributed by atoms with van der Waals surface area (Å²) < 4.78 is 90.0. The Morgan fingerprint density at radius 1 is 0.763 bits per heavy atom. The largest absolute Gasteiger partial charge is 0.492 e. The summed E-state index contributed by atoms with van der Waals surface area (Å²) in [7, 11) is 0. The van der Waals surface area contributed by atoms with Gasteiger partial charge < -0.3 is 9.47 Å². The number of aryl methyl sites for hydroxylation is 4. The van der Waals surface area contributed by atoms with Crippen LogP contribution in [0.3, 0.4) is 0 Å². The third kappa shape index (κ3) is 6.96. The third-order valence-corrected chi connectivity index (χ3v) is 6.00. The summed E-state index contributed by atoms with van der Waals surface area (Å²) in [6.45, 7) is 0.677. The normalized spacial score (nSPS) is 11.7. The molecule has 1 aromatic heterocycles. The number of aromatic nitrogens is 1. The van der Waals surface area contributed by atoms with E-state index in [9.17, 15) is 22.0 Å². The summed E-state index contributed by atoms with van der Waals surface area (Å²) >= 11 is 0. The van der Waals surface area contributed by atoms with E-state index in [2.05, 4.69) is 9.72 Å². The van der Waals surface area contributed by atoms with Gasteiger partial charge in [-0.15, -0.1) is 0 Å². The van der Waals surface area contributed by atoms with Crippen molar-refractivity contribution < 1.29 is 35.8 Å². The first-order valence-electron chi connectivity index (χ1n) is 12.1. The van der Waals surface area contributed by atoms with Gasteiger partial charge in [-0.1, -0.05) is 30.3 Å². The molecule has 0 amide bonds. The van der Waals surface area contributed by atoms with Gasteiger partial charge in [0.1, 0.15) is 11.6 Å². The first-order chi connectivity index (χ1) is 18.1. The van der Waals surface area contributed by atoms with Crippen molar-refractivity contribution in [1.82, 2.24) is 4.98 Å². The summed E-state index contributed by atoms with van der Waals surface area (Å²) in [6.07, 6.45) is -1.36. The highest BCUT2D eigenvalue weighted by Crippen LogP contribution is 2.28.